The molecule has 0 bridgehead atoms. The van der Waals surface area contributed by atoms with Gasteiger partial charge in [0.1, 0.15) is 16.5 Å². The lowest BCUT2D eigenvalue weighted by Crippen LogP contribution is -2.32. The Morgan fingerprint density at radius 2 is 1.77 bits per heavy atom. The Morgan fingerprint density at radius 1 is 1.00 bits per heavy atom. The molecular formula is C33H31N3O7S. The Balaban J connectivity index is 1.34. The van der Waals surface area contributed by atoms with E-state index in [-0.39, 0.29) is 17.4 Å². The zero-order chi connectivity index (χ0) is 31.2. The summed E-state index contributed by atoms with van der Waals surface area (Å²) in [6, 6.07) is 17.3. The summed E-state index contributed by atoms with van der Waals surface area (Å²) in [4.78, 5) is 52.3. The molecule has 2 amide bonds. The number of nitrogens with one attached hydrogen (secondary N) is 2. The highest BCUT2D eigenvalue weighted by molar-refractivity contribution is 7.17. The second-order valence-corrected chi connectivity index (χ2v) is 11.4. The molecule has 1 aromatic heterocycles. The van der Waals surface area contributed by atoms with Crippen LogP contribution in [0, 0.1) is 5.92 Å². The lowest BCUT2D eigenvalue weighted by molar-refractivity contribution is -0.136. The average Bonchev–Trinajstić information content (AvgIpc) is 3.38. The first-order valence-electron chi connectivity index (χ1n) is 14.1. The van der Waals surface area contributed by atoms with Gasteiger partial charge in [-0.2, -0.15) is 5.10 Å². The summed E-state index contributed by atoms with van der Waals surface area (Å²) in [6.07, 6.45) is 3.73. The van der Waals surface area contributed by atoms with Crippen LogP contribution in [-0.4, -0.2) is 43.7 Å². The van der Waals surface area contributed by atoms with E-state index in [4.69, 9.17) is 14.2 Å². The topological polar surface area (TPSA) is 132 Å². The number of anilines is 1. The van der Waals surface area contributed by atoms with Gasteiger partial charge in [0.2, 0.25) is 0 Å². The molecule has 3 aromatic carbocycles. The van der Waals surface area contributed by atoms with Crippen LogP contribution < -0.4 is 20.2 Å². The summed E-state index contributed by atoms with van der Waals surface area (Å²) in [5.74, 6) is -1.87. The van der Waals surface area contributed by atoms with Gasteiger partial charge in [0.05, 0.1) is 31.1 Å². The molecule has 2 N–H and O–H groups in total. The van der Waals surface area contributed by atoms with E-state index in [2.05, 4.69) is 22.8 Å². The first-order valence-corrected chi connectivity index (χ1v) is 14.9. The number of thiophene rings is 1. The predicted octanol–water partition coefficient (Wildman–Crippen LogP) is 5.52. The molecule has 0 unspecified atom stereocenters. The highest BCUT2D eigenvalue weighted by Gasteiger charge is 2.30. The van der Waals surface area contributed by atoms with Gasteiger partial charge in [0, 0.05) is 10.4 Å². The van der Waals surface area contributed by atoms with Crippen LogP contribution >= 0.6 is 11.3 Å². The van der Waals surface area contributed by atoms with Crippen LogP contribution in [0.3, 0.4) is 0 Å². The van der Waals surface area contributed by atoms with Crippen molar-refractivity contribution in [2.45, 2.75) is 33.1 Å². The SMILES string of the molecule is CCOC(=O)c1c(NC(=O)C(=O)N/N=C\c2c(OC(=O)c3ccc(OC)cc3)ccc3ccccc23)sc2c1CC[C@@H](C)C2. The zero-order valence-electron chi connectivity index (χ0n) is 24.5. The van der Waals surface area contributed by atoms with E-state index >= 15 is 0 Å². The Kier molecular flexibility index (Phi) is 9.35. The monoisotopic (exact) mass is 613 g/mol. The summed E-state index contributed by atoms with van der Waals surface area (Å²) in [5, 5.41) is 8.43. The quantitative estimate of drug-likeness (QED) is 0.0879. The van der Waals surface area contributed by atoms with E-state index in [0.29, 0.717) is 40.2 Å². The lowest BCUT2D eigenvalue weighted by Gasteiger charge is -2.18. The molecule has 0 saturated carbocycles. The molecule has 11 heteroatoms. The van der Waals surface area contributed by atoms with Crippen LogP contribution in [0.15, 0.2) is 65.8 Å². The van der Waals surface area contributed by atoms with E-state index in [1.165, 1.54) is 24.7 Å². The van der Waals surface area contributed by atoms with Crippen molar-refractivity contribution in [1.82, 2.24) is 5.43 Å². The largest absolute Gasteiger partial charge is 0.497 e. The molecule has 226 valence electrons. The molecule has 4 aromatic rings. The minimum Gasteiger partial charge on any atom is -0.497 e. The number of hydrogen-bond acceptors (Lipinski definition) is 9. The maximum Gasteiger partial charge on any atom is 0.343 e. The molecule has 1 aliphatic rings. The Bertz CT molecular complexity index is 1760. The number of amides is 2. The number of rotatable bonds is 8. The molecule has 10 nitrogen and oxygen atoms in total. The van der Waals surface area contributed by atoms with Gasteiger partial charge in [-0.3, -0.25) is 9.59 Å². The first-order chi connectivity index (χ1) is 21.3. The van der Waals surface area contributed by atoms with Gasteiger partial charge in [0.15, 0.2) is 0 Å². The number of carbonyl (C=O) groups is 4. The van der Waals surface area contributed by atoms with Gasteiger partial charge in [0.25, 0.3) is 0 Å². The lowest BCUT2D eigenvalue weighted by atomic mass is 9.88. The van der Waals surface area contributed by atoms with Crippen molar-refractivity contribution in [2.75, 3.05) is 19.0 Å². The minimum atomic E-state index is -1.03. The van der Waals surface area contributed by atoms with Crippen molar-refractivity contribution in [1.29, 1.82) is 0 Å². The second-order valence-electron chi connectivity index (χ2n) is 10.2. The summed E-state index contributed by atoms with van der Waals surface area (Å²) in [6.45, 7) is 4.04. The van der Waals surface area contributed by atoms with Gasteiger partial charge in [-0.1, -0.05) is 37.3 Å². The second kappa shape index (κ2) is 13.5. The molecule has 0 fully saturated rings. The van der Waals surface area contributed by atoms with Crippen molar-refractivity contribution in [3.8, 4) is 11.5 Å². The summed E-state index contributed by atoms with van der Waals surface area (Å²) >= 11 is 1.29. The van der Waals surface area contributed by atoms with E-state index in [9.17, 15) is 19.2 Å². The highest BCUT2D eigenvalue weighted by atomic mass is 32.1. The van der Waals surface area contributed by atoms with E-state index < -0.39 is 23.8 Å². The Hall–Kier alpha value is -5.03. The third-order valence-corrected chi connectivity index (χ3v) is 8.41. The van der Waals surface area contributed by atoms with Crippen LogP contribution in [0.4, 0.5) is 5.00 Å². The molecule has 5 rings (SSSR count). The van der Waals surface area contributed by atoms with Gasteiger partial charge in [-0.15, -0.1) is 11.3 Å². The van der Waals surface area contributed by atoms with Gasteiger partial charge in [-0.05, 0) is 78.8 Å². The fourth-order valence-corrected chi connectivity index (χ4v) is 6.40. The number of carbonyl (C=O) groups excluding carboxylic acids is 4. The number of fused-ring (bicyclic) bond motifs is 2. The smallest absolute Gasteiger partial charge is 0.343 e. The normalized spacial score (nSPS) is 14.1. The predicted molar refractivity (Wildman–Crippen MR) is 168 cm³/mol. The Morgan fingerprint density at radius 3 is 2.52 bits per heavy atom. The number of benzene rings is 3. The minimum absolute atomic E-state index is 0.188. The highest BCUT2D eigenvalue weighted by Crippen LogP contribution is 2.40. The average molecular weight is 614 g/mol. The van der Waals surface area contributed by atoms with Gasteiger partial charge < -0.3 is 19.5 Å². The molecule has 1 aliphatic carbocycles. The summed E-state index contributed by atoms with van der Waals surface area (Å²) < 4.78 is 16.1. The number of hydrazone groups is 1. The molecule has 0 radical (unpaired) electrons. The molecule has 0 spiro atoms. The van der Waals surface area contributed by atoms with E-state index in [0.717, 1.165) is 28.7 Å². The van der Waals surface area contributed by atoms with Crippen LogP contribution in [0.5, 0.6) is 11.5 Å². The number of ether oxygens (including phenoxy) is 3. The fourth-order valence-electron chi connectivity index (χ4n) is 5.01. The third kappa shape index (κ3) is 6.63. The standard InChI is InChI=1S/C33H31N3O7S/c1-4-42-33(40)28-24-15-9-19(2)17-27(24)44-31(28)35-29(37)30(38)36-34-18-25-23-8-6-5-7-20(23)12-16-26(25)43-32(39)21-10-13-22(41-3)14-11-21/h5-8,10-14,16,18-19H,4,9,15,17H2,1-3H3,(H,35,37)(H,36,38)/b34-18-/t19-/m1/s1. The van der Waals surface area contributed by atoms with Crippen LogP contribution in [-0.2, 0) is 27.2 Å². The van der Waals surface area contributed by atoms with E-state index in [1.54, 1.807) is 43.3 Å². The van der Waals surface area contributed by atoms with Crippen LogP contribution in [0.25, 0.3) is 10.8 Å². The number of hydrogen-bond donors (Lipinski definition) is 2. The number of nitrogens with zero attached hydrogens (tertiary/aromatic N) is 1. The van der Waals surface area contributed by atoms with Crippen LogP contribution in [0.1, 0.15) is 57.0 Å². The summed E-state index contributed by atoms with van der Waals surface area (Å²) in [5.41, 5.74) is 4.16. The van der Waals surface area contributed by atoms with E-state index in [1.807, 2.05) is 24.3 Å². The molecule has 1 heterocycles. The fraction of sp³-hybridized carbons (Fsp3) is 0.242. The van der Waals surface area contributed by atoms with Crippen molar-refractivity contribution >= 4 is 57.1 Å². The third-order valence-electron chi connectivity index (χ3n) is 7.24. The molecular weight excluding hydrogens is 582 g/mol. The van der Waals surface area contributed by atoms with Gasteiger partial charge in [-0.25, -0.2) is 15.0 Å². The first kappa shape index (κ1) is 30.4. The summed E-state index contributed by atoms with van der Waals surface area (Å²) in [7, 11) is 1.53. The zero-order valence-corrected chi connectivity index (χ0v) is 25.3. The molecule has 44 heavy (non-hydrogen) atoms. The Labute approximate surface area is 258 Å². The van der Waals surface area contributed by atoms with Crippen molar-refractivity contribution in [3.63, 3.8) is 0 Å². The van der Waals surface area contributed by atoms with Crippen molar-refractivity contribution in [3.05, 3.63) is 87.8 Å². The molecule has 1 atom stereocenters. The number of esters is 2. The van der Waals surface area contributed by atoms with Crippen molar-refractivity contribution in [2.24, 2.45) is 11.0 Å². The molecule has 0 saturated heterocycles. The maximum atomic E-state index is 12.9. The van der Waals surface area contributed by atoms with Crippen LogP contribution in [0.2, 0.25) is 0 Å². The maximum absolute atomic E-state index is 12.9. The molecule has 0 aliphatic heterocycles. The van der Waals surface area contributed by atoms with Crippen molar-refractivity contribution < 1.29 is 33.4 Å². The van der Waals surface area contributed by atoms with Gasteiger partial charge >= 0.3 is 23.8 Å². The number of methoxy groups -OCH3 is 1.